The van der Waals surface area contributed by atoms with Gasteiger partial charge in [-0.1, -0.05) is 30.4 Å². The largest absolute Gasteiger partial charge is 0.392 e. The molecule has 1 aromatic carbocycles. The smallest absolute Gasteiger partial charge is 0.221 e. The summed E-state index contributed by atoms with van der Waals surface area (Å²) >= 11 is 0. The molecule has 15 heavy (non-hydrogen) atoms. The van der Waals surface area contributed by atoms with E-state index in [1.807, 2.05) is 31.2 Å². The summed E-state index contributed by atoms with van der Waals surface area (Å²) in [5.41, 5.74) is 7.97. The molecule has 1 aromatic rings. The van der Waals surface area contributed by atoms with E-state index in [2.05, 4.69) is 0 Å². The second-order valence-electron chi connectivity index (χ2n) is 3.42. The number of amides is 1. The van der Waals surface area contributed by atoms with E-state index in [9.17, 15) is 4.79 Å². The molecule has 80 valence electrons. The topological polar surface area (TPSA) is 63.3 Å². The van der Waals surface area contributed by atoms with Crippen LogP contribution in [0.5, 0.6) is 0 Å². The maximum absolute atomic E-state index is 10.5. The Morgan fingerprint density at radius 3 is 2.80 bits per heavy atom. The molecule has 0 aliphatic heterocycles. The number of carbonyl (C=O) groups is 1. The maximum Gasteiger partial charge on any atom is 0.221 e. The SMILES string of the molecule is Cc1cc(C=CCC(N)=O)ccc1CO. The van der Waals surface area contributed by atoms with E-state index in [1.165, 1.54) is 0 Å². The fourth-order valence-corrected chi connectivity index (χ4v) is 1.31. The zero-order chi connectivity index (χ0) is 11.3. The van der Waals surface area contributed by atoms with Crippen LogP contribution < -0.4 is 5.73 Å². The van der Waals surface area contributed by atoms with Gasteiger partial charge in [0, 0.05) is 6.42 Å². The summed E-state index contributed by atoms with van der Waals surface area (Å²) in [4.78, 5) is 10.5. The average molecular weight is 205 g/mol. The fourth-order valence-electron chi connectivity index (χ4n) is 1.31. The Morgan fingerprint density at radius 1 is 1.53 bits per heavy atom. The molecule has 1 rings (SSSR count). The maximum atomic E-state index is 10.5. The van der Waals surface area contributed by atoms with E-state index in [1.54, 1.807) is 6.08 Å². The van der Waals surface area contributed by atoms with Crippen molar-refractivity contribution < 1.29 is 9.90 Å². The average Bonchev–Trinajstić information content (AvgIpc) is 2.17. The number of nitrogens with two attached hydrogens (primary N) is 1. The van der Waals surface area contributed by atoms with Crippen LogP contribution in [0, 0.1) is 6.92 Å². The van der Waals surface area contributed by atoms with Gasteiger partial charge in [0.1, 0.15) is 0 Å². The predicted octanol–water partition coefficient (Wildman–Crippen LogP) is 1.38. The van der Waals surface area contributed by atoms with E-state index in [0.717, 1.165) is 16.7 Å². The van der Waals surface area contributed by atoms with Crippen LogP contribution in [-0.2, 0) is 11.4 Å². The fraction of sp³-hybridized carbons (Fsp3) is 0.250. The minimum absolute atomic E-state index is 0.0527. The zero-order valence-electron chi connectivity index (χ0n) is 8.73. The van der Waals surface area contributed by atoms with Crippen molar-refractivity contribution in [2.24, 2.45) is 5.73 Å². The van der Waals surface area contributed by atoms with E-state index >= 15 is 0 Å². The molecule has 0 fully saturated rings. The Morgan fingerprint density at radius 2 is 2.27 bits per heavy atom. The Kier molecular flexibility index (Phi) is 4.06. The van der Waals surface area contributed by atoms with Crippen molar-refractivity contribution in [1.29, 1.82) is 0 Å². The third-order valence-electron chi connectivity index (χ3n) is 2.17. The highest BCUT2D eigenvalue weighted by Crippen LogP contribution is 2.12. The van der Waals surface area contributed by atoms with Gasteiger partial charge < -0.3 is 10.8 Å². The number of aliphatic hydroxyl groups is 1. The number of hydrogen-bond donors (Lipinski definition) is 2. The van der Waals surface area contributed by atoms with Crippen molar-refractivity contribution >= 4 is 12.0 Å². The molecule has 0 saturated heterocycles. The highest BCUT2D eigenvalue weighted by molar-refractivity contribution is 5.76. The van der Waals surface area contributed by atoms with Crippen LogP contribution in [0.15, 0.2) is 24.3 Å². The van der Waals surface area contributed by atoms with Gasteiger partial charge in [0.25, 0.3) is 0 Å². The molecule has 0 spiro atoms. The first-order valence-electron chi connectivity index (χ1n) is 4.78. The standard InChI is InChI=1S/C12H15NO2/c1-9-7-10(3-2-4-12(13)15)5-6-11(9)8-14/h2-3,5-7,14H,4,8H2,1H3,(H2,13,15). The summed E-state index contributed by atoms with van der Waals surface area (Å²) in [6, 6.07) is 5.73. The molecule has 0 aliphatic rings. The Hall–Kier alpha value is -1.61. The lowest BCUT2D eigenvalue weighted by Crippen LogP contribution is -2.07. The second-order valence-corrected chi connectivity index (χ2v) is 3.42. The summed E-state index contributed by atoms with van der Waals surface area (Å²) in [6.07, 6.45) is 3.83. The third kappa shape index (κ3) is 3.56. The number of primary amides is 1. The van der Waals surface area contributed by atoms with Crippen LogP contribution in [0.3, 0.4) is 0 Å². The van der Waals surface area contributed by atoms with Crippen LogP contribution in [-0.4, -0.2) is 11.0 Å². The molecule has 3 N–H and O–H groups in total. The number of rotatable bonds is 4. The second kappa shape index (κ2) is 5.32. The monoisotopic (exact) mass is 205 g/mol. The quantitative estimate of drug-likeness (QED) is 0.779. The van der Waals surface area contributed by atoms with Gasteiger partial charge in [0.05, 0.1) is 6.61 Å². The highest BCUT2D eigenvalue weighted by Gasteiger charge is 1.96. The van der Waals surface area contributed by atoms with Gasteiger partial charge in [-0.05, 0) is 23.6 Å². The molecular formula is C12H15NO2. The Bertz CT molecular complexity index is 383. The molecule has 0 aromatic heterocycles. The summed E-state index contributed by atoms with van der Waals surface area (Å²) in [5, 5.41) is 8.98. The summed E-state index contributed by atoms with van der Waals surface area (Å²) < 4.78 is 0. The van der Waals surface area contributed by atoms with Crippen LogP contribution >= 0.6 is 0 Å². The lowest BCUT2D eigenvalue weighted by molar-refractivity contribution is -0.117. The molecule has 0 atom stereocenters. The first-order chi connectivity index (χ1) is 7.13. The van der Waals surface area contributed by atoms with Crippen molar-refractivity contribution in [2.75, 3.05) is 0 Å². The van der Waals surface area contributed by atoms with Crippen LogP contribution in [0.4, 0.5) is 0 Å². The molecular weight excluding hydrogens is 190 g/mol. The van der Waals surface area contributed by atoms with Gasteiger partial charge in [-0.2, -0.15) is 0 Å². The molecule has 0 bridgehead atoms. The minimum atomic E-state index is -0.338. The van der Waals surface area contributed by atoms with Crippen molar-refractivity contribution in [3.8, 4) is 0 Å². The third-order valence-corrected chi connectivity index (χ3v) is 2.17. The first kappa shape index (κ1) is 11.5. The Labute approximate surface area is 89.2 Å². The zero-order valence-corrected chi connectivity index (χ0v) is 8.73. The van der Waals surface area contributed by atoms with Gasteiger partial charge in [-0.15, -0.1) is 0 Å². The number of hydrogen-bond acceptors (Lipinski definition) is 2. The van der Waals surface area contributed by atoms with Crippen molar-refractivity contribution in [1.82, 2.24) is 0 Å². The first-order valence-corrected chi connectivity index (χ1v) is 4.78. The molecule has 0 unspecified atom stereocenters. The minimum Gasteiger partial charge on any atom is -0.392 e. The lowest BCUT2D eigenvalue weighted by Gasteiger charge is -2.02. The molecule has 0 radical (unpaired) electrons. The van der Waals surface area contributed by atoms with Gasteiger partial charge in [-0.25, -0.2) is 0 Å². The summed E-state index contributed by atoms with van der Waals surface area (Å²) in [7, 11) is 0. The van der Waals surface area contributed by atoms with E-state index in [0.29, 0.717) is 0 Å². The number of benzene rings is 1. The highest BCUT2D eigenvalue weighted by atomic mass is 16.3. The van der Waals surface area contributed by atoms with Crippen LogP contribution in [0.1, 0.15) is 23.1 Å². The predicted molar refractivity (Wildman–Crippen MR) is 59.9 cm³/mol. The molecule has 0 saturated carbocycles. The van der Waals surface area contributed by atoms with E-state index < -0.39 is 0 Å². The molecule has 0 heterocycles. The van der Waals surface area contributed by atoms with E-state index in [4.69, 9.17) is 10.8 Å². The molecule has 1 amide bonds. The number of aryl methyl sites for hydroxylation is 1. The van der Waals surface area contributed by atoms with Gasteiger partial charge in [0.15, 0.2) is 0 Å². The molecule has 3 heteroatoms. The van der Waals surface area contributed by atoms with Gasteiger partial charge >= 0.3 is 0 Å². The number of aliphatic hydroxyl groups excluding tert-OH is 1. The Balaban J connectivity index is 2.75. The van der Waals surface area contributed by atoms with Crippen molar-refractivity contribution in [3.05, 3.63) is 41.0 Å². The van der Waals surface area contributed by atoms with Crippen LogP contribution in [0.25, 0.3) is 6.08 Å². The normalized spacial score (nSPS) is 10.8. The van der Waals surface area contributed by atoms with Crippen molar-refractivity contribution in [3.63, 3.8) is 0 Å². The van der Waals surface area contributed by atoms with E-state index in [-0.39, 0.29) is 18.9 Å². The van der Waals surface area contributed by atoms with Crippen molar-refractivity contribution in [2.45, 2.75) is 20.0 Å². The van der Waals surface area contributed by atoms with Gasteiger partial charge in [-0.3, -0.25) is 4.79 Å². The molecule has 3 nitrogen and oxygen atoms in total. The van der Waals surface area contributed by atoms with Gasteiger partial charge in [0.2, 0.25) is 5.91 Å². The summed E-state index contributed by atoms with van der Waals surface area (Å²) in [5.74, 6) is -0.338. The molecule has 0 aliphatic carbocycles. The van der Waals surface area contributed by atoms with Crippen LogP contribution in [0.2, 0.25) is 0 Å². The summed E-state index contributed by atoms with van der Waals surface area (Å²) in [6.45, 7) is 1.99. The lowest BCUT2D eigenvalue weighted by atomic mass is 10.1. The number of carbonyl (C=O) groups excluding carboxylic acids is 1.